The molecular formula is C16H26N2. The normalized spacial score (nSPS) is 24.1. The monoisotopic (exact) mass is 246 g/mol. The smallest absolute Gasteiger partial charge is 0.0320 e. The van der Waals surface area contributed by atoms with E-state index in [1.54, 1.807) is 0 Å². The predicted molar refractivity (Wildman–Crippen MR) is 77.7 cm³/mol. The molecule has 1 aromatic carbocycles. The number of hydrogen-bond donors (Lipinski definition) is 1. The van der Waals surface area contributed by atoms with Gasteiger partial charge >= 0.3 is 0 Å². The van der Waals surface area contributed by atoms with Crippen LogP contribution in [0.1, 0.15) is 38.8 Å². The molecule has 100 valence electrons. The Morgan fingerprint density at radius 1 is 1.28 bits per heavy atom. The minimum atomic E-state index is 0.546. The molecule has 0 saturated carbocycles. The van der Waals surface area contributed by atoms with E-state index in [2.05, 4.69) is 61.3 Å². The predicted octanol–water partition coefficient (Wildman–Crippen LogP) is 3.07. The molecule has 1 N–H and O–H groups in total. The first-order chi connectivity index (χ1) is 8.72. The second kappa shape index (κ2) is 6.35. The van der Waals surface area contributed by atoms with Gasteiger partial charge in [0.25, 0.3) is 0 Å². The van der Waals surface area contributed by atoms with E-state index in [-0.39, 0.29) is 0 Å². The quantitative estimate of drug-likeness (QED) is 0.859. The molecule has 0 bridgehead atoms. The van der Waals surface area contributed by atoms with Crippen LogP contribution in [-0.4, -0.2) is 30.6 Å². The van der Waals surface area contributed by atoms with Gasteiger partial charge in [0.05, 0.1) is 0 Å². The van der Waals surface area contributed by atoms with Crippen molar-refractivity contribution in [1.82, 2.24) is 10.2 Å². The molecule has 3 atom stereocenters. The molecule has 1 aliphatic rings. The number of likely N-dealkylation sites (tertiary alicyclic amines) is 1. The van der Waals surface area contributed by atoms with Crippen LogP contribution < -0.4 is 5.32 Å². The van der Waals surface area contributed by atoms with Gasteiger partial charge in [-0.2, -0.15) is 0 Å². The van der Waals surface area contributed by atoms with Crippen LogP contribution in [0.2, 0.25) is 0 Å². The van der Waals surface area contributed by atoms with E-state index in [1.807, 2.05) is 0 Å². The first-order valence-electron chi connectivity index (χ1n) is 7.24. The highest BCUT2D eigenvalue weighted by Gasteiger charge is 2.29. The third kappa shape index (κ3) is 3.12. The molecule has 18 heavy (non-hydrogen) atoms. The van der Waals surface area contributed by atoms with Gasteiger partial charge in [-0.05, 0) is 44.8 Å². The van der Waals surface area contributed by atoms with Gasteiger partial charge in [0, 0.05) is 18.6 Å². The lowest BCUT2D eigenvalue weighted by molar-refractivity contribution is 0.243. The highest BCUT2D eigenvalue weighted by atomic mass is 15.2. The number of nitrogens with zero attached hydrogens (tertiary/aromatic N) is 1. The molecule has 0 unspecified atom stereocenters. The molecule has 1 saturated heterocycles. The summed E-state index contributed by atoms with van der Waals surface area (Å²) in [4.78, 5) is 2.62. The van der Waals surface area contributed by atoms with Crippen molar-refractivity contribution in [2.45, 2.75) is 39.3 Å². The summed E-state index contributed by atoms with van der Waals surface area (Å²) in [5, 5.41) is 3.56. The molecule has 1 fully saturated rings. The minimum absolute atomic E-state index is 0.546. The maximum atomic E-state index is 3.56. The van der Waals surface area contributed by atoms with Gasteiger partial charge in [0.1, 0.15) is 0 Å². The lowest BCUT2D eigenvalue weighted by Crippen LogP contribution is -2.35. The summed E-state index contributed by atoms with van der Waals surface area (Å²) in [7, 11) is 0. The van der Waals surface area contributed by atoms with Gasteiger partial charge in [0.15, 0.2) is 0 Å². The first kappa shape index (κ1) is 13.6. The van der Waals surface area contributed by atoms with Gasteiger partial charge in [-0.15, -0.1) is 0 Å². The van der Waals surface area contributed by atoms with E-state index in [1.165, 1.54) is 25.1 Å². The largest absolute Gasteiger partial charge is 0.314 e. The SMILES string of the molecule is CCN[C@@H](C)[C@H]1CCN([C@@H](C)c2ccccc2)C1. The van der Waals surface area contributed by atoms with Crippen molar-refractivity contribution >= 4 is 0 Å². The zero-order valence-electron chi connectivity index (χ0n) is 11.9. The van der Waals surface area contributed by atoms with E-state index in [4.69, 9.17) is 0 Å². The molecule has 0 spiro atoms. The van der Waals surface area contributed by atoms with Crippen LogP contribution in [0.15, 0.2) is 30.3 Å². The van der Waals surface area contributed by atoms with E-state index in [0.717, 1.165) is 12.5 Å². The van der Waals surface area contributed by atoms with Crippen LogP contribution in [0.5, 0.6) is 0 Å². The summed E-state index contributed by atoms with van der Waals surface area (Å²) in [6, 6.07) is 12.0. The number of hydrogen-bond acceptors (Lipinski definition) is 2. The van der Waals surface area contributed by atoms with Crippen molar-refractivity contribution in [2.75, 3.05) is 19.6 Å². The van der Waals surface area contributed by atoms with E-state index >= 15 is 0 Å². The van der Waals surface area contributed by atoms with Gasteiger partial charge in [-0.25, -0.2) is 0 Å². The zero-order chi connectivity index (χ0) is 13.0. The van der Waals surface area contributed by atoms with Crippen molar-refractivity contribution in [3.05, 3.63) is 35.9 Å². The van der Waals surface area contributed by atoms with Gasteiger partial charge in [-0.1, -0.05) is 37.3 Å². The van der Waals surface area contributed by atoms with Crippen molar-refractivity contribution in [1.29, 1.82) is 0 Å². The minimum Gasteiger partial charge on any atom is -0.314 e. The Labute approximate surface area is 111 Å². The van der Waals surface area contributed by atoms with Crippen molar-refractivity contribution in [3.63, 3.8) is 0 Å². The van der Waals surface area contributed by atoms with Crippen molar-refractivity contribution < 1.29 is 0 Å². The summed E-state index contributed by atoms with van der Waals surface area (Å²) in [6.45, 7) is 10.4. The third-order valence-corrected chi connectivity index (χ3v) is 4.32. The van der Waals surface area contributed by atoms with Gasteiger partial charge in [-0.3, -0.25) is 4.90 Å². The van der Waals surface area contributed by atoms with Crippen LogP contribution in [-0.2, 0) is 0 Å². The fourth-order valence-corrected chi connectivity index (χ4v) is 3.01. The maximum absolute atomic E-state index is 3.56. The molecule has 0 radical (unpaired) electrons. The molecule has 1 aromatic rings. The van der Waals surface area contributed by atoms with Crippen LogP contribution in [0.4, 0.5) is 0 Å². The Kier molecular flexibility index (Phi) is 4.79. The first-order valence-corrected chi connectivity index (χ1v) is 7.24. The highest BCUT2D eigenvalue weighted by Crippen LogP contribution is 2.28. The average Bonchev–Trinajstić information content (AvgIpc) is 2.89. The molecule has 0 aromatic heterocycles. The number of rotatable bonds is 5. The maximum Gasteiger partial charge on any atom is 0.0320 e. The fraction of sp³-hybridized carbons (Fsp3) is 0.625. The Morgan fingerprint density at radius 2 is 2.00 bits per heavy atom. The molecule has 2 heteroatoms. The standard InChI is InChI=1S/C16H26N2/c1-4-17-13(2)16-10-11-18(12-16)14(3)15-8-6-5-7-9-15/h5-9,13-14,16-17H,4,10-12H2,1-3H3/t13-,14-,16-/m0/s1. The van der Waals surface area contributed by atoms with Crippen LogP contribution in [0.25, 0.3) is 0 Å². The molecule has 2 rings (SSSR count). The molecule has 1 aliphatic heterocycles. The van der Waals surface area contributed by atoms with Crippen LogP contribution in [0, 0.1) is 5.92 Å². The molecule has 1 heterocycles. The highest BCUT2D eigenvalue weighted by molar-refractivity contribution is 5.18. The van der Waals surface area contributed by atoms with Crippen LogP contribution in [0.3, 0.4) is 0 Å². The molecule has 0 amide bonds. The lowest BCUT2D eigenvalue weighted by atomic mass is 10.0. The van der Waals surface area contributed by atoms with E-state index < -0.39 is 0 Å². The van der Waals surface area contributed by atoms with Crippen molar-refractivity contribution in [2.24, 2.45) is 5.92 Å². The fourth-order valence-electron chi connectivity index (χ4n) is 3.01. The topological polar surface area (TPSA) is 15.3 Å². The third-order valence-electron chi connectivity index (χ3n) is 4.32. The lowest BCUT2D eigenvalue weighted by Gasteiger charge is -2.26. The molecule has 2 nitrogen and oxygen atoms in total. The second-order valence-electron chi connectivity index (χ2n) is 5.48. The van der Waals surface area contributed by atoms with Gasteiger partial charge < -0.3 is 5.32 Å². The number of nitrogens with one attached hydrogen (secondary N) is 1. The Bertz CT molecular complexity index is 349. The summed E-state index contributed by atoms with van der Waals surface area (Å²) in [5.41, 5.74) is 1.44. The Balaban J connectivity index is 1.92. The summed E-state index contributed by atoms with van der Waals surface area (Å²) >= 11 is 0. The Morgan fingerprint density at radius 3 is 2.67 bits per heavy atom. The summed E-state index contributed by atoms with van der Waals surface area (Å²) in [5.74, 6) is 0.802. The van der Waals surface area contributed by atoms with Crippen molar-refractivity contribution in [3.8, 4) is 0 Å². The summed E-state index contributed by atoms with van der Waals surface area (Å²) in [6.07, 6.45) is 1.32. The van der Waals surface area contributed by atoms with Gasteiger partial charge in [0.2, 0.25) is 0 Å². The van der Waals surface area contributed by atoms with E-state index in [0.29, 0.717) is 12.1 Å². The van der Waals surface area contributed by atoms with E-state index in [9.17, 15) is 0 Å². The summed E-state index contributed by atoms with van der Waals surface area (Å²) < 4.78 is 0. The van der Waals surface area contributed by atoms with Crippen LogP contribution >= 0.6 is 0 Å². The second-order valence-corrected chi connectivity index (χ2v) is 5.48. The number of benzene rings is 1. The molecular weight excluding hydrogens is 220 g/mol. The zero-order valence-corrected chi connectivity index (χ0v) is 11.9. The Hall–Kier alpha value is -0.860. The average molecular weight is 246 g/mol. The molecule has 0 aliphatic carbocycles.